The molecule has 34 heavy (non-hydrogen) atoms. The molecule has 0 spiro atoms. The van der Waals surface area contributed by atoms with Crippen molar-refractivity contribution >= 4 is 11.8 Å². The molecule has 1 unspecified atom stereocenters. The summed E-state index contributed by atoms with van der Waals surface area (Å²) in [6.45, 7) is 8.33. The molecule has 0 saturated carbocycles. The third-order valence-corrected chi connectivity index (χ3v) is 6.20. The van der Waals surface area contributed by atoms with Crippen LogP contribution in [0.3, 0.4) is 0 Å². The number of ketones is 1. The van der Waals surface area contributed by atoms with E-state index >= 15 is 0 Å². The minimum atomic E-state index is -0.722. The minimum absolute atomic E-state index is 0.0268. The van der Waals surface area contributed by atoms with Gasteiger partial charge in [0.15, 0.2) is 5.78 Å². The van der Waals surface area contributed by atoms with E-state index in [-0.39, 0.29) is 29.3 Å². The van der Waals surface area contributed by atoms with Crippen LogP contribution in [0, 0.1) is 12.3 Å². The zero-order chi connectivity index (χ0) is 24.5. The van der Waals surface area contributed by atoms with E-state index in [0.717, 1.165) is 5.56 Å². The first-order valence-corrected chi connectivity index (χ1v) is 11.6. The van der Waals surface area contributed by atoms with Crippen LogP contribution in [0.5, 0.6) is 5.75 Å². The summed E-state index contributed by atoms with van der Waals surface area (Å²) in [6, 6.07) is 15.5. The van der Waals surface area contributed by atoms with Gasteiger partial charge in [0.05, 0.1) is 12.5 Å². The third-order valence-electron chi connectivity index (χ3n) is 6.20. The largest absolute Gasteiger partial charge is 0.489 e. The number of hydrogen-bond acceptors (Lipinski definition) is 6. The van der Waals surface area contributed by atoms with Gasteiger partial charge in [-0.1, -0.05) is 61.9 Å². The molecule has 0 fully saturated rings. The Hall–Kier alpha value is -3.54. The second kappa shape index (κ2) is 9.37. The molecular formula is C28H31NO5. The summed E-state index contributed by atoms with van der Waals surface area (Å²) in [4.78, 5) is 26.4. The van der Waals surface area contributed by atoms with Crippen LogP contribution in [-0.4, -0.2) is 18.4 Å². The van der Waals surface area contributed by atoms with Gasteiger partial charge in [0.1, 0.15) is 23.7 Å². The smallest absolute Gasteiger partial charge is 0.340 e. The normalized spacial score (nSPS) is 19.4. The number of ether oxygens (including phenoxy) is 3. The molecule has 6 heteroatoms. The molecule has 0 radical (unpaired) electrons. The molecule has 1 aliphatic carbocycles. The predicted octanol–water partition coefficient (Wildman–Crippen LogP) is 5.06. The monoisotopic (exact) mass is 461 g/mol. The quantitative estimate of drug-likeness (QED) is 0.605. The summed E-state index contributed by atoms with van der Waals surface area (Å²) in [6.07, 6.45) is 0.905. The van der Waals surface area contributed by atoms with E-state index in [1.807, 2.05) is 69.3 Å². The fourth-order valence-corrected chi connectivity index (χ4v) is 4.60. The molecule has 178 valence electrons. The first-order chi connectivity index (χ1) is 16.2. The summed E-state index contributed by atoms with van der Waals surface area (Å²) in [5.41, 5.74) is 9.49. The van der Waals surface area contributed by atoms with Gasteiger partial charge in [-0.15, -0.1) is 0 Å². The van der Waals surface area contributed by atoms with Crippen LogP contribution in [0.1, 0.15) is 56.2 Å². The molecule has 0 aromatic heterocycles. The van der Waals surface area contributed by atoms with Crippen molar-refractivity contribution in [3.8, 4) is 5.75 Å². The number of carbonyl (C=O) groups is 2. The molecule has 4 rings (SSSR count). The van der Waals surface area contributed by atoms with Gasteiger partial charge in [0.25, 0.3) is 0 Å². The Balaban J connectivity index is 1.79. The van der Waals surface area contributed by atoms with Crippen LogP contribution in [0.25, 0.3) is 0 Å². The van der Waals surface area contributed by atoms with Crippen LogP contribution in [0.2, 0.25) is 0 Å². The Kier molecular flexibility index (Phi) is 6.51. The van der Waals surface area contributed by atoms with Gasteiger partial charge in [-0.2, -0.15) is 0 Å². The van der Waals surface area contributed by atoms with Crippen molar-refractivity contribution in [3.05, 3.63) is 88.0 Å². The molecule has 1 aliphatic heterocycles. The molecule has 0 amide bonds. The third kappa shape index (κ3) is 4.72. The molecular weight excluding hydrogens is 430 g/mol. The van der Waals surface area contributed by atoms with Gasteiger partial charge in [0.2, 0.25) is 5.88 Å². The lowest BCUT2D eigenvalue weighted by Crippen LogP contribution is -2.35. The van der Waals surface area contributed by atoms with Crippen LogP contribution in [0.4, 0.5) is 0 Å². The summed E-state index contributed by atoms with van der Waals surface area (Å²) in [7, 11) is 0. The summed E-state index contributed by atoms with van der Waals surface area (Å²) in [5, 5.41) is 0. The average molecular weight is 462 g/mol. The molecule has 1 heterocycles. The minimum Gasteiger partial charge on any atom is -0.489 e. The zero-order valence-electron chi connectivity index (χ0n) is 20.1. The molecule has 6 nitrogen and oxygen atoms in total. The Labute approximate surface area is 200 Å². The summed E-state index contributed by atoms with van der Waals surface area (Å²) < 4.78 is 17.4. The SMILES string of the molecule is CCOC(=O)C1=C(N)OC2=C(C(=O)CC(C)(C)C2)C1c1ccccc1OCc1ccc(C)cc1. The number of nitrogens with two attached hydrogens (primary N) is 1. The van der Waals surface area contributed by atoms with Crippen molar-refractivity contribution in [1.29, 1.82) is 0 Å². The number of aryl methyl sites for hydroxylation is 1. The Bertz CT molecular complexity index is 1170. The van der Waals surface area contributed by atoms with E-state index < -0.39 is 11.9 Å². The van der Waals surface area contributed by atoms with Gasteiger partial charge in [-0.05, 0) is 30.9 Å². The lowest BCUT2D eigenvalue weighted by atomic mass is 9.70. The first-order valence-electron chi connectivity index (χ1n) is 11.6. The van der Waals surface area contributed by atoms with Crippen molar-refractivity contribution in [1.82, 2.24) is 0 Å². The number of rotatable bonds is 6. The molecule has 2 aliphatic rings. The highest BCUT2D eigenvalue weighted by molar-refractivity contribution is 6.03. The van der Waals surface area contributed by atoms with E-state index in [9.17, 15) is 9.59 Å². The highest BCUT2D eigenvalue weighted by atomic mass is 16.5. The average Bonchev–Trinajstić information content (AvgIpc) is 2.77. The number of hydrogen-bond donors (Lipinski definition) is 1. The number of esters is 1. The Morgan fingerprint density at radius 3 is 2.53 bits per heavy atom. The highest BCUT2D eigenvalue weighted by Gasteiger charge is 2.45. The van der Waals surface area contributed by atoms with Gasteiger partial charge in [0, 0.05) is 24.0 Å². The van der Waals surface area contributed by atoms with Gasteiger partial charge in [-0.3, -0.25) is 4.79 Å². The number of carbonyl (C=O) groups excluding carboxylic acids is 2. The van der Waals surface area contributed by atoms with Gasteiger partial charge in [-0.25, -0.2) is 4.79 Å². The van der Waals surface area contributed by atoms with E-state index in [1.165, 1.54) is 5.56 Å². The molecule has 2 aromatic rings. The summed E-state index contributed by atoms with van der Waals surface area (Å²) >= 11 is 0. The van der Waals surface area contributed by atoms with Crippen LogP contribution < -0.4 is 10.5 Å². The van der Waals surface area contributed by atoms with Crippen molar-refractivity contribution in [2.75, 3.05) is 6.61 Å². The van der Waals surface area contributed by atoms with Crippen LogP contribution >= 0.6 is 0 Å². The van der Waals surface area contributed by atoms with Gasteiger partial charge >= 0.3 is 5.97 Å². The highest BCUT2D eigenvalue weighted by Crippen LogP contribution is 2.49. The molecule has 0 bridgehead atoms. The first kappa shape index (κ1) is 23.6. The predicted molar refractivity (Wildman–Crippen MR) is 129 cm³/mol. The van der Waals surface area contributed by atoms with E-state index in [1.54, 1.807) is 6.92 Å². The maximum Gasteiger partial charge on any atom is 0.340 e. The molecule has 2 N–H and O–H groups in total. The maximum atomic E-state index is 13.4. The van der Waals surface area contributed by atoms with Crippen molar-refractivity contribution < 1.29 is 23.8 Å². The van der Waals surface area contributed by atoms with E-state index in [4.69, 9.17) is 19.9 Å². The number of benzene rings is 2. The molecule has 1 atom stereocenters. The van der Waals surface area contributed by atoms with Crippen molar-refractivity contribution in [2.45, 2.75) is 53.1 Å². The second-order valence-electron chi connectivity index (χ2n) is 9.62. The maximum absolute atomic E-state index is 13.4. The molecule has 0 saturated heterocycles. The standard InChI is InChI=1S/C28H31NO5/c1-5-32-27(31)25-23(24-20(30)14-28(3,4)15-22(24)34-26(25)29)19-8-6-7-9-21(19)33-16-18-12-10-17(2)11-13-18/h6-13,23H,5,14-16,29H2,1-4H3. The van der Waals surface area contributed by atoms with Crippen LogP contribution in [-0.2, 0) is 25.7 Å². The van der Waals surface area contributed by atoms with Crippen LogP contribution in [0.15, 0.2) is 71.3 Å². The van der Waals surface area contributed by atoms with E-state index in [0.29, 0.717) is 42.1 Å². The Morgan fingerprint density at radius 2 is 1.82 bits per heavy atom. The van der Waals surface area contributed by atoms with E-state index in [2.05, 4.69) is 0 Å². The summed E-state index contributed by atoms with van der Waals surface area (Å²) in [5.74, 6) is -0.303. The molecule has 2 aromatic carbocycles. The van der Waals surface area contributed by atoms with Gasteiger partial charge < -0.3 is 19.9 Å². The van der Waals surface area contributed by atoms with Crippen molar-refractivity contribution in [3.63, 3.8) is 0 Å². The lowest BCUT2D eigenvalue weighted by Gasteiger charge is -2.38. The number of Topliss-reactive ketones (excluding diaryl/α,β-unsaturated/α-hetero) is 1. The number of para-hydroxylation sites is 1. The zero-order valence-corrected chi connectivity index (χ0v) is 20.1. The Morgan fingerprint density at radius 1 is 1.12 bits per heavy atom. The fraction of sp³-hybridized carbons (Fsp3) is 0.357. The number of allylic oxidation sites excluding steroid dienone is 2. The second-order valence-corrected chi connectivity index (χ2v) is 9.62. The lowest BCUT2D eigenvalue weighted by molar-refractivity contribution is -0.139. The fourth-order valence-electron chi connectivity index (χ4n) is 4.60. The topological polar surface area (TPSA) is 87.9 Å². The van der Waals surface area contributed by atoms with Crippen molar-refractivity contribution in [2.24, 2.45) is 11.1 Å².